The SMILES string of the molecule is O=C(COc1ccccc1F)NCCn1ncc2c(=O)n(Cc3ccc(Cl)cc3)cnc21. The summed E-state index contributed by atoms with van der Waals surface area (Å²) in [6, 6.07) is 13.1. The van der Waals surface area contributed by atoms with E-state index < -0.39 is 11.7 Å². The molecule has 0 radical (unpaired) electrons. The van der Waals surface area contributed by atoms with Gasteiger partial charge in [0.25, 0.3) is 11.5 Å². The number of ether oxygens (including phenoxy) is 1. The zero-order valence-corrected chi connectivity index (χ0v) is 17.6. The Balaban J connectivity index is 1.35. The van der Waals surface area contributed by atoms with Crippen LogP contribution < -0.4 is 15.6 Å². The number of benzene rings is 2. The van der Waals surface area contributed by atoms with Crippen LogP contribution in [0.3, 0.4) is 0 Å². The topological polar surface area (TPSA) is 91.0 Å². The Morgan fingerprint density at radius 1 is 1.16 bits per heavy atom. The van der Waals surface area contributed by atoms with E-state index in [-0.39, 0.29) is 24.5 Å². The van der Waals surface area contributed by atoms with E-state index in [9.17, 15) is 14.0 Å². The van der Waals surface area contributed by atoms with Crippen LogP contribution in [0.5, 0.6) is 5.75 Å². The molecule has 0 unspecified atom stereocenters. The molecule has 32 heavy (non-hydrogen) atoms. The van der Waals surface area contributed by atoms with E-state index in [1.54, 1.807) is 22.9 Å². The van der Waals surface area contributed by atoms with Gasteiger partial charge in [0.1, 0.15) is 11.7 Å². The minimum Gasteiger partial charge on any atom is -0.481 e. The minimum atomic E-state index is -0.531. The molecule has 2 heterocycles. The number of amides is 1. The normalized spacial score (nSPS) is 10.9. The number of fused-ring (bicyclic) bond motifs is 1. The Labute approximate surface area is 187 Å². The largest absolute Gasteiger partial charge is 0.481 e. The van der Waals surface area contributed by atoms with E-state index in [2.05, 4.69) is 15.4 Å². The maximum absolute atomic E-state index is 13.5. The van der Waals surface area contributed by atoms with E-state index in [0.29, 0.717) is 29.1 Å². The van der Waals surface area contributed by atoms with Gasteiger partial charge in [0.2, 0.25) is 0 Å². The molecule has 8 nitrogen and oxygen atoms in total. The van der Waals surface area contributed by atoms with Gasteiger partial charge in [-0.2, -0.15) is 5.10 Å². The lowest BCUT2D eigenvalue weighted by Gasteiger charge is -2.09. The number of hydrogen-bond donors (Lipinski definition) is 1. The predicted octanol–water partition coefficient (Wildman–Crippen LogP) is 2.63. The average molecular weight is 456 g/mol. The molecular formula is C22H19ClFN5O3. The Hall–Kier alpha value is -3.72. The fourth-order valence-electron chi connectivity index (χ4n) is 3.12. The predicted molar refractivity (Wildman–Crippen MR) is 117 cm³/mol. The molecule has 2 aromatic heterocycles. The second kappa shape index (κ2) is 9.61. The first-order chi connectivity index (χ1) is 15.5. The molecule has 0 aliphatic carbocycles. The summed E-state index contributed by atoms with van der Waals surface area (Å²) in [5.41, 5.74) is 1.14. The van der Waals surface area contributed by atoms with Crippen molar-refractivity contribution in [1.29, 1.82) is 0 Å². The maximum atomic E-state index is 13.5. The van der Waals surface area contributed by atoms with Gasteiger partial charge in [-0.15, -0.1) is 0 Å². The number of nitrogens with one attached hydrogen (secondary N) is 1. The van der Waals surface area contributed by atoms with E-state index in [0.717, 1.165) is 5.56 Å². The standard InChI is InChI=1S/C22H19ClFN5O3/c23-16-7-5-15(6-8-16)12-28-14-26-21-17(22(28)31)11-27-29(21)10-9-25-20(30)13-32-19-4-2-1-3-18(19)24/h1-8,11,14H,9-10,12-13H2,(H,25,30). The molecule has 4 rings (SSSR count). The van der Waals surface area contributed by atoms with Crippen molar-refractivity contribution in [2.75, 3.05) is 13.2 Å². The molecule has 1 amide bonds. The molecule has 0 spiro atoms. The summed E-state index contributed by atoms with van der Waals surface area (Å²) < 4.78 is 21.7. The van der Waals surface area contributed by atoms with Gasteiger partial charge in [0.15, 0.2) is 23.8 Å². The van der Waals surface area contributed by atoms with Crippen molar-refractivity contribution in [1.82, 2.24) is 24.6 Å². The number of hydrogen-bond acceptors (Lipinski definition) is 5. The molecular weight excluding hydrogens is 437 g/mol. The highest BCUT2D eigenvalue weighted by atomic mass is 35.5. The summed E-state index contributed by atoms with van der Waals surface area (Å²) in [7, 11) is 0. The van der Waals surface area contributed by atoms with Crippen LogP contribution in [0.2, 0.25) is 5.02 Å². The molecule has 0 aliphatic rings. The van der Waals surface area contributed by atoms with Crippen LogP contribution in [0.15, 0.2) is 65.8 Å². The quantitative estimate of drug-likeness (QED) is 0.441. The Morgan fingerprint density at radius 3 is 2.72 bits per heavy atom. The zero-order chi connectivity index (χ0) is 22.5. The van der Waals surface area contributed by atoms with Gasteiger partial charge in [-0.25, -0.2) is 14.1 Å². The summed E-state index contributed by atoms with van der Waals surface area (Å²) in [6.45, 7) is 0.602. The number of halogens is 2. The summed E-state index contributed by atoms with van der Waals surface area (Å²) in [6.07, 6.45) is 2.93. The lowest BCUT2D eigenvalue weighted by Crippen LogP contribution is -2.32. The summed E-state index contributed by atoms with van der Waals surface area (Å²) in [5.74, 6) is -0.918. The third-order valence-electron chi connectivity index (χ3n) is 4.73. The van der Waals surface area contributed by atoms with Gasteiger partial charge in [-0.3, -0.25) is 14.2 Å². The van der Waals surface area contributed by atoms with Crippen molar-refractivity contribution < 1.29 is 13.9 Å². The molecule has 4 aromatic rings. The molecule has 0 fully saturated rings. The number of para-hydroxylation sites is 1. The van der Waals surface area contributed by atoms with Gasteiger partial charge in [-0.1, -0.05) is 35.9 Å². The molecule has 2 aromatic carbocycles. The number of rotatable bonds is 8. The van der Waals surface area contributed by atoms with Crippen LogP contribution >= 0.6 is 11.6 Å². The van der Waals surface area contributed by atoms with Gasteiger partial charge >= 0.3 is 0 Å². The number of carbonyl (C=O) groups is 1. The summed E-state index contributed by atoms with van der Waals surface area (Å²) in [5, 5.41) is 7.89. The van der Waals surface area contributed by atoms with Crippen LogP contribution in [-0.4, -0.2) is 38.4 Å². The van der Waals surface area contributed by atoms with Gasteiger partial charge < -0.3 is 10.1 Å². The van der Waals surface area contributed by atoms with Crippen LogP contribution in [0.1, 0.15) is 5.56 Å². The monoisotopic (exact) mass is 455 g/mol. The van der Waals surface area contributed by atoms with E-state index in [1.807, 2.05) is 12.1 Å². The van der Waals surface area contributed by atoms with E-state index in [1.165, 1.54) is 35.3 Å². The third kappa shape index (κ3) is 4.94. The number of aromatic nitrogens is 4. The minimum absolute atomic E-state index is 0.0137. The second-order valence-corrected chi connectivity index (χ2v) is 7.41. The summed E-state index contributed by atoms with van der Waals surface area (Å²) >= 11 is 5.90. The van der Waals surface area contributed by atoms with Crippen molar-refractivity contribution in [2.24, 2.45) is 0 Å². The molecule has 1 N–H and O–H groups in total. The van der Waals surface area contributed by atoms with E-state index in [4.69, 9.17) is 16.3 Å². The summed E-state index contributed by atoms with van der Waals surface area (Å²) in [4.78, 5) is 29.1. The molecule has 10 heteroatoms. The van der Waals surface area contributed by atoms with Crippen LogP contribution in [0.25, 0.3) is 11.0 Å². The molecule has 0 aliphatic heterocycles. The fraction of sp³-hybridized carbons (Fsp3) is 0.182. The van der Waals surface area contributed by atoms with Crippen LogP contribution in [-0.2, 0) is 17.9 Å². The van der Waals surface area contributed by atoms with Gasteiger partial charge in [0.05, 0.1) is 19.3 Å². The van der Waals surface area contributed by atoms with Gasteiger partial charge in [-0.05, 0) is 29.8 Å². The number of carbonyl (C=O) groups excluding carboxylic acids is 1. The highest BCUT2D eigenvalue weighted by molar-refractivity contribution is 6.30. The third-order valence-corrected chi connectivity index (χ3v) is 4.98. The fourth-order valence-corrected chi connectivity index (χ4v) is 3.24. The molecule has 0 saturated heterocycles. The number of nitrogens with zero attached hydrogens (tertiary/aromatic N) is 4. The lowest BCUT2D eigenvalue weighted by molar-refractivity contribution is -0.123. The van der Waals surface area contributed by atoms with Crippen molar-refractivity contribution in [2.45, 2.75) is 13.1 Å². The Kier molecular flexibility index (Phi) is 6.46. The lowest BCUT2D eigenvalue weighted by atomic mass is 10.2. The van der Waals surface area contributed by atoms with Crippen molar-refractivity contribution in [3.05, 3.63) is 87.8 Å². The molecule has 0 atom stereocenters. The molecule has 0 bridgehead atoms. The van der Waals surface area contributed by atoms with Crippen molar-refractivity contribution >= 4 is 28.5 Å². The highest BCUT2D eigenvalue weighted by Gasteiger charge is 2.11. The second-order valence-electron chi connectivity index (χ2n) is 6.98. The first-order valence-electron chi connectivity index (χ1n) is 9.80. The van der Waals surface area contributed by atoms with E-state index >= 15 is 0 Å². The first kappa shape index (κ1) is 21.5. The molecule has 164 valence electrons. The average Bonchev–Trinajstić information content (AvgIpc) is 3.20. The first-order valence-corrected chi connectivity index (χ1v) is 10.2. The smallest absolute Gasteiger partial charge is 0.264 e. The molecule has 0 saturated carbocycles. The van der Waals surface area contributed by atoms with Crippen molar-refractivity contribution in [3.63, 3.8) is 0 Å². The Morgan fingerprint density at radius 2 is 1.94 bits per heavy atom. The Bertz CT molecular complexity index is 1300. The van der Waals surface area contributed by atoms with Crippen LogP contribution in [0.4, 0.5) is 4.39 Å². The van der Waals surface area contributed by atoms with Crippen LogP contribution in [0, 0.1) is 5.82 Å². The highest BCUT2D eigenvalue weighted by Crippen LogP contribution is 2.15. The zero-order valence-electron chi connectivity index (χ0n) is 16.9. The van der Waals surface area contributed by atoms with Gasteiger partial charge in [0, 0.05) is 11.6 Å². The maximum Gasteiger partial charge on any atom is 0.264 e. The van der Waals surface area contributed by atoms with Crippen molar-refractivity contribution in [3.8, 4) is 5.75 Å².